The normalized spacial score (nSPS) is 17.3. The number of nitrogens with two attached hydrogens (primary N) is 1. The molecule has 1 aliphatic rings. The fourth-order valence-corrected chi connectivity index (χ4v) is 7.24. The molecule has 0 aliphatic carbocycles. The number of fused-ring (bicyclic) bond motifs is 2. The number of carboxylic acid groups (broad SMARTS) is 1. The number of aromatic nitrogens is 2. The molecule has 2 aromatic heterocycles. The zero-order chi connectivity index (χ0) is 24.9. The molecule has 180 valence electrons. The standard InChI is InChI=1S/C22H18ClN5O5S2/c23-14-3-2-13-6-20(34-18(13)7-14)35(32,33)27-9-17(22(30)31)28(19(29)10-27)8-12-1-4-15-16(5-12)25-11-26-21(15)24/h1-7,11,17H,8-10H2,(H,30,31)(H2,24,25,26)/t17-/m1/s1. The molecule has 5 rings (SSSR count). The number of rotatable bonds is 5. The highest BCUT2D eigenvalue weighted by molar-refractivity contribution is 7.91. The van der Waals surface area contributed by atoms with E-state index in [0.29, 0.717) is 37.4 Å². The van der Waals surface area contributed by atoms with Crippen molar-refractivity contribution < 1.29 is 23.1 Å². The van der Waals surface area contributed by atoms with Gasteiger partial charge in [0.05, 0.1) is 12.1 Å². The Bertz CT molecular complexity index is 1610. The summed E-state index contributed by atoms with van der Waals surface area (Å²) in [5.41, 5.74) is 7.04. The molecule has 0 saturated carbocycles. The largest absolute Gasteiger partial charge is 0.480 e. The third-order valence-corrected chi connectivity index (χ3v) is 9.40. The Morgan fingerprint density at radius 3 is 2.77 bits per heavy atom. The summed E-state index contributed by atoms with van der Waals surface area (Å²) < 4.78 is 28.2. The summed E-state index contributed by atoms with van der Waals surface area (Å²) in [6.07, 6.45) is 1.32. The molecule has 1 atom stereocenters. The predicted octanol–water partition coefficient (Wildman–Crippen LogP) is 2.57. The number of carbonyl (C=O) groups is 2. The Kier molecular flexibility index (Phi) is 5.83. The van der Waals surface area contributed by atoms with E-state index in [1.165, 1.54) is 17.3 Å². The highest BCUT2D eigenvalue weighted by Crippen LogP contribution is 2.33. The van der Waals surface area contributed by atoms with Crippen LogP contribution in [0.5, 0.6) is 0 Å². The predicted molar refractivity (Wildman–Crippen MR) is 132 cm³/mol. The SMILES string of the molecule is Nc1ncnc2cc(CN3C(=O)CN(S(=O)(=O)c4cc5ccc(Cl)cc5s4)C[C@@H]3C(=O)O)ccc12. The number of nitrogen functional groups attached to an aromatic ring is 1. The van der Waals surface area contributed by atoms with Crippen molar-refractivity contribution in [3.63, 3.8) is 0 Å². The Labute approximate surface area is 208 Å². The first-order chi connectivity index (χ1) is 16.6. The molecule has 0 spiro atoms. The minimum atomic E-state index is -4.10. The lowest BCUT2D eigenvalue weighted by Gasteiger charge is -2.38. The molecule has 1 aliphatic heterocycles. The average molecular weight is 532 g/mol. The molecule has 3 N–H and O–H groups in total. The summed E-state index contributed by atoms with van der Waals surface area (Å²) in [6.45, 7) is -0.865. The van der Waals surface area contributed by atoms with Gasteiger partial charge in [0, 0.05) is 28.2 Å². The fourth-order valence-electron chi connectivity index (χ4n) is 4.02. The Hall–Kier alpha value is -3.32. The summed E-state index contributed by atoms with van der Waals surface area (Å²) in [5.74, 6) is -1.60. The number of benzene rings is 2. The molecule has 0 unspecified atom stereocenters. The molecule has 10 nitrogen and oxygen atoms in total. The number of carboxylic acids is 1. The molecule has 3 heterocycles. The van der Waals surface area contributed by atoms with Gasteiger partial charge in [-0.1, -0.05) is 23.7 Å². The first kappa shape index (κ1) is 23.4. The van der Waals surface area contributed by atoms with Crippen molar-refractivity contribution in [2.24, 2.45) is 0 Å². The smallest absolute Gasteiger partial charge is 0.327 e. The van der Waals surface area contributed by atoms with Crippen LogP contribution in [0.15, 0.2) is 53.0 Å². The number of piperazine rings is 1. The van der Waals surface area contributed by atoms with E-state index >= 15 is 0 Å². The number of carbonyl (C=O) groups excluding carboxylic acids is 1. The lowest BCUT2D eigenvalue weighted by molar-refractivity contribution is -0.154. The van der Waals surface area contributed by atoms with Crippen LogP contribution in [-0.4, -0.2) is 63.7 Å². The van der Waals surface area contributed by atoms with Crippen molar-refractivity contribution in [2.45, 2.75) is 16.8 Å². The quantitative estimate of drug-likeness (QED) is 0.399. The summed E-state index contributed by atoms with van der Waals surface area (Å²) in [7, 11) is -4.10. The van der Waals surface area contributed by atoms with E-state index in [2.05, 4.69) is 9.97 Å². The van der Waals surface area contributed by atoms with Crippen LogP contribution >= 0.6 is 22.9 Å². The van der Waals surface area contributed by atoms with Gasteiger partial charge in [-0.2, -0.15) is 4.31 Å². The van der Waals surface area contributed by atoms with Crippen molar-refractivity contribution in [2.75, 3.05) is 18.8 Å². The number of hydrogen-bond acceptors (Lipinski definition) is 8. The van der Waals surface area contributed by atoms with Crippen molar-refractivity contribution in [3.8, 4) is 0 Å². The minimum absolute atomic E-state index is 0.0203. The second-order valence-electron chi connectivity index (χ2n) is 8.03. The van der Waals surface area contributed by atoms with Crippen LogP contribution in [0.2, 0.25) is 5.02 Å². The summed E-state index contributed by atoms with van der Waals surface area (Å²) in [4.78, 5) is 34.4. The third-order valence-electron chi connectivity index (χ3n) is 5.81. The molecule has 0 bridgehead atoms. The second kappa shape index (κ2) is 8.72. The van der Waals surface area contributed by atoms with Gasteiger partial charge < -0.3 is 15.7 Å². The van der Waals surface area contributed by atoms with Crippen LogP contribution in [0.3, 0.4) is 0 Å². The van der Waals surface area contributed by atoms with Gasteiger partial charge in [-0.05, 0) is 41.3 Å². The van der Waals surface area contributed by atoms with Crippen LogP contribution in [0.25, 0.3) is 21.0 Å². The third kappa shape index (κ3) is 4.29. The molecule has 4 aromatic rings. The Balaban J connectivity index is 1.43. The zero-order valence-corrected chi connectivity index (χ0v) is 20.3. The zero-order valence-electron chi connectivity index (χ0n) is 18.0. The van der Waals surface area contributed by atoms with Gasteiger partial charge in [0.1, 0.15) is 22.4 Å². The molecule has 35 heavy (non-hydrogen) atoms. The maximum Gasteiger partial charge on any atom is 0.327 e. The van der Waals surface area contributed by atoms with E-state index in [1.54, 1.807) is 36.4 Å². The number of thiophene rings is 1. The fraction of sp³-hybridized carbons (Fsp3) is 0.182. The van der Waals surface area contributed by atoms with E-state index in [1.807, 2.05) is 0 Å². The summed E-state index contributed by atoms with van der Waals surface area (Å²) in [5, 5.41) is 11.6. The van der Waals surface area contributed by atoms with Crippen LogP contribution in [0, 0.1) is 0 Å². The maximum atomic E-state index is 13.3. The van der Waals surface area contributed by atoms with Crippen molar-refractivity contribution in [1.29, 1.82) is 0 Å². The second-order valence-corrected chi connectivity index (χ2v) is 11.7. The van der Waals surface area contributed by atoms with E-state index in [-0.39, 0.29) is 17.3 Å². The van der Waals surface area contributed by atoms with E-state index in [0.717, 1.165) is 15.6 Å². The number of aliphatic carboxylic acids is 1. The molecule has 2 aromatic carbocycles. The number of hydrogen-bond donors (Lipinski definition) is 2. The van der Waals surface area contributed by atoms with Crippen LogP contribution in [0.4, 0.5) is 5.82 Å². The number of nitrogens with zero attached hydrogens (tertiary/aromatic N) is 4. The van der Waals surface area contributed by atoms with Crippen LogP contribution in [0.1, 0.15) is 5.56 Å². The lowest BCUT2D eigenvalue weighted by Crippen LogP contribution is -2.59. The minimum Gasteiger partial charge on any atom is -0.480 e. The molecule has 1 fully saturated rings. The Morgan fingerprint density at radius 1 is 1.20 bits per heavy atom. The van der Waals surface area contributed by atoms with Gasteiger partial charge in [-0.25, -0.2) is 23.2 Å². The monoisotopic (exact) mass is 531 g/mol. The van der Waals surface area contributed by atoms with Crippen LogP contribution < -0.4 is 5.73 Å². The number of sulfonamides is 1. The van der Waals surface area contributed by atoms with Gasteiger partial charge in [0.15, 0.2) is 0 Å². The van der Waals surface area contributed by atoms with Crippen LogP contribution in [-0.2, 0) is 26.2 Å². The van der Waals surface area contributed by atoms with E-state index in [9.17, 15) is 23.1 Å². The molecular formula is C22H18ClN5O5S2. The number of anilines is 1. The van der Waals surface area contributed by atoms with E-state index < -0.39 is 34.5 Å². The van der Waals surface area contributed by atoms with Crippen molar-refractivity contribution >= 4 is 71.6 Å². The number of amides is 1. The summed E-state index contributed by atoms with van der Waals surface area (Å²) >= 11 is 7.02. The number of halogens is 1. The lowest BCUT2D eigenvalue weighted by atomic mass is 10.1. The van der Waals surface area contributed by atoms with Gasteiger partial charge in [-0.15, -0.1) is 11.3 Å². The van der Waals surface area contributed by atoms with Gasteiger partial charge in [0.2, 0.25) is 5.91 Å². The highest BCUT2D eigenvalue weighted by atomic mass is 35.5. The molecule has 13 heteroatoms. The van der Waals surface area contributed by atoms with Gasteiger partial charge >= 0.3 is 5.97 Å². The topological polar surface area (TPSA) is 147 Å². The average Bonchev–Trinajstić information content (AvgIpc) is 3.24. The van der Waals surface area contributed by atoms with Gasteiger partial charge in [-0.3, -0.25) is 4.79 Å². The maximum absolute atomic E-state index is 13.3. The van der Waals surface area contributed by atoms with Gasteiger partial charge in [0.25, 0.3) is 10.0 Å². The Morgan fingerprint density at radius 2 is 2.00 bits per heavy atom. The molecule has 1 amide bonds. The van der Waals surface area contributed by atoms with Crippen molar-refractivity contribution in [3.05, 3.63) is 59.4 Å². The highest BCUT2D eigenvalue weighted by Gasteiger charge is 2.42. The van der Waals surface area contributed by atoms with Crippen molar-refractivity contribution in [1.82, 2.24) is 19.2 Å². The molecular weight excluding hydrogens is 514 g/mol. The molecule has 0 radical (unpaired) electrons. The first-order valence-electron chi connectivity index (χ1n) is 10.3. The summed E-state index contributed by atoms with van der Waals surface area (Å²) in [6, 6.07) is 10.3. The first-order valence-corrected chi connectivity index (χ1v) is 13.0. The molecule has 1 saturated heterocycles. The van der Waals surface area contributed by atoms with E-state index in [4.69, 9.17) is 17.3 Å².